The Morgan fingerprint density at radius 1 is 1.33 bits per heavy atom. The SMILES string of the molecule is O=C1N=NCN1.c1ccc2scnc2c1. The first-order valence-corrected chi connectivity index (χ1v) is 5.18. The number of nitrogens with zero attached hydrogens (tertiary/aromatic N) is 3. The van der Waals surface area contributed by atoms with Crippen LogP contribution < -0.4 is 5.32 Å². The largest absolute Gasteiger partial charge is 0.360 e. The van der Waals surface area contributed by atoms with Crippen molar-refractivity contribution in [2.45, 2.75) is 0 Å². The number of carbonyl (C=O) groups excluding carboxylic acids is 1. The van der Waals surface area contributed by atoms with Crippen LogP contribution >= 0.6 is 11.3 Å². The Morgan fingerprint density at radius 3 is 2.80 bits per heavy atom. The molecule has 2 aromatic rings. The molecule has 0 aliphatic carbocycles. The number of hydrogen-bond donors (Lipinski definition) is 1. The van der Waals surface area contributed by atoms with Crippen molar-refractivity contribution in [1.29, 1.82) is 0 Å². The molecule has 2 amide bonds. The van der Waals surface area contributed by atoms with E-state index in [1.54, 1.807) is 11.3 Å². The Kier molecular flexibility index (Phi) is 2.99. The van der Waals surface area contributed by atoms with Crippen LogP contribution in [0.2, 0.25) is 0 Å². The van der Waals surface area contributed by atoms with Crippen LogP contribution in [0.25, 0.3) is 10.2 Å². The maximum Gasteiger partial charge on any atom is 0.360 e. The van der Waals surface area contributed by atoms with E-state index >= 15 is 0 Å². The number of para-hydroxylation sites is 1. The van der Waals surface area contributed by atoms with E-state index in [4.69, 9.17) is 0 Å². The third kappa shape index (κ3) is 2.57. The van der Waals surface area contributed by atoms with E-state index in [9.17, 15) is 4.79 Å². The normalized spacial score (nSPS) is 13.5. The molecule has 0 atom stereocenters. The number of amides is 2. The van der Waals surface area contributed by atoms with Crippen molar-refractivity contribution >= 4 is 27.6 Å². The van der Waals surface area contributed by atoms with Gasteiger partial charge >= 0.3 is 6.03 Å². The molecule has 0 radical (unpaired) electrons. The van der Waals surface area contributed by atoms with Crippen molar-refractivity contribution in [3.63, 3.8) is 0 Å². The number of urea groups is 1. The molecule has 0 spiro atoms. The van der Waals surface area contributed by atoms with Gasteiger partial charge in [-0.3, -0.25) is 0 Å². The fourth-order valence-electron chi connectivity index (χ4n) is 1.04. The Morgan fingerprint density at radius 2 is 2.20 bits per heavy atom. The third-order valence-corrected chi connectivity index (χ3v) is 2.51. The predicted octanol–water partition coefficient (Wildman–Crippen LogP) is 2.42. The summed E-state index contributed by atoms with van der Waals surface area (Å²) in [6, 6.07) is 7.79. The smallest absolute Gasteiger partial charge is 0.314 e. The van der Waals surface area contributed by atoms with Gasteiger partial charge in [0.15, 0.2) is 0 Å². The van der Waals surface area contributed by atoms with Crippen molar-refractivity contribution in [2.75, 3.05) is 6.67 Å². The molecule has 2 heterocycles. The minimum Gasteiger partial charge on any atom is -0.314 e. The standard InChI is InChI=1S/C7H5NS.C2H3N3O/c1-2-4-7-6(3-1)8-5-9-7;6-2-3-1-4-5-2/h1-5H;1H2,(H,3,6). The number of carbonyl (C=O) groups is 1. The molecule has 1 aliphatic rings. The zero-order valence-electron chi connectivity index (χ0n) is 7.75. The molecule has 0 unspecified atom stereocenters. The zero-order valence-corrected chi connectivity index (χ0v) is 8.57. The Bertz CT molecular complexity index is 463. The molecule has 1 aromatic heterocycles. The second kappa shape index (κ2) is 4.61. The number of benzene rings is 1. The highest BCUT2D eigenvalue weighted by atomic mass is 32.1. The van der Waals surface area contributed by atoms with E-state index in [2.05, 4.69) is 26.6 Å². The molecule has 3 rings (SSSR count). The zero-order chi connectivity index (χ0) is 10.5. The van der Waals surface area contributed by atoms with Gasteiger partial charge < -0.3 is 5.32 Å². The van der Waals surface area contributed by atoms with Crippen LogP contribution in [0.4, 0.5) is 4.79 Å². The van der Waals surface area contributed by atoms with Crippen LogP contribution in [0, 0.1) is 0 Å². The molecule has 0 saturated heterocycles. The van der Waals surface area contributed by atoms with Crippen molar-refractivity contribution in [3.8, 4) is 0 Å². The van der Waals surface area contributed by atoms with Gasteiger partial charge in [-0.1, -0.05) is 17.2 Å². The Balaban J connectivity index is 0.000000124. The summed E-state index contributed by atoms with van der Waals surface area (Å²) in [7, 11) is 0. The fraction of sp³-hybridized carbons (Fsp3) is 0.111. The van der Waals surface area contributed by atoms with Crippen molar-refractivity contribution < 1.29 is 4.79 Å². The topological polar surface area (TPSA) is 66.7 Å². The van der Waals surface area contributed by atoms with E-state index in [1.807, 2.05) is 23.7 Å². The molecular formula is C9H8N4OS. The maximum absolute atomic E-state index is 9.87. The quantitative estimate of drug-likeness (QED) is 0.740. The van der Waals surface area contributed by atoms with Gasteiger partial charge in [-0.2, -0.15) is 5.11 Å². The summed E-state index contributed by atoms with van der Waals surface area (Å²) in [6.07, 6.45) is 0. The number of fused-ring (bicyclic) bond motifs is 1. The summed E-state index contributed by atoms with van der Waals surface area (Å²) in [5.41, 5.74) is 2.97. The van der Waals surface area contributed by atoms with Gasteiger partial charge in [0.25, 0.3) is 0 Å². The van der Waals surface area contributed by atoms with E-state index in [0.29, 0.717) is 6.67 Å². The molecule has 0 bridgehead atoms. The number of thiazole rings is 1. The molecule has 1 aromatic carbocycles. The average Bonchev–Trinajstić information content (AvgIpc) is 2.88. The van der Waals surface area contributed by atoms with Gasteiger partial charge in [-0.15, -0.1) is 11.3 Å². The summed E-state index contributed by atoms with van der Waals surface area (Å²) < 4.78 is 1.26. The Hall–Kier alpha value is -1.82. The van der Waals surface area contributed by atoms with Crippen LogP contribution in [0.3, 0.4) is 0 Å². The van der Waals surface area contributed by atoms with E-state index in [0.717, 1.165) is 5.52 Å². The molecular weight excluding hydrogens is 212 g/mol. The molecule has 76 valence electrons. The van der Waals surface area contributed by atoms with Crippen LogP contribution in [0.5, 0.6) is 0 Å². The van der Waals surface area contributed by atoms with Crippen LogP contribution in [0.1, 0.15) is 0 Å². The fourth-order valence-corrected chi connectivity index (χ4v) is 1.72. The van der Waals surface area contributed by atoms with E-state index < -0.39 is 0 Å². The van der Waals surface area contributed by atoms with Crippen molar-refractivity contribution in [2.24, 2.45) is 10.2 Å². The second-order valence-corrected chi connectivity index (χ2v) is 3.59. The van der Waals surface area contributed by atoms with Gasteiger partial charge in [0.1, 0.15) is 6.67 Å². The van der Waals surface area contributed by atoms with Crippen LogP contribution in [-0.2, 0) is 0 Å². The number of rotatable bonds is 0. The van der Waals surface area contributed by atoms with E-state index in [1.165, 1.54) is 4.70 Å². The first kappa shape index (κ1) is 9.72. The maximum atomic E-state index is 9.87. The van der Waals surface area contributed by atoms with E-state index in [-0.39, 0.29) is 6.03 Å². The van der Waals surface area contributed by atoms with Gasteiger partial charge in [-0.05, 0) is 12.1 Å². The monoisotopic (exact) mass is 220 g/mol. The molecule has 15 heavy (non-hydrogen) atoms. The first-order chi connectivity index (χ1) is 7.36. The van der Waals surface area contributed by atoms with Gasteiger partial charge in [0.05, 0.1) is 15.7 Å². The molecule has 5 nitrogen and oxygen atoms in total. The molecule has 1 aliphatic heterocycles. The molecule has 0 fully saturated rings. The molecule has 6 heteroatoms. The number of nitrogens with one attached hydrogen (secondary N) is 1. The first-order valence-electron chi connectivity index (χ1n) is 4.30. The molecule has 1 N–H and O–H groups in total. The van der Waals surface area contributed by atoms with Crippen LogP contribution in [-0.4, -0.2) is 17.7 Å². The summed E-state index contributed by atoms with van der Waals surface area (Å²) in [6.45, 7) is 0.346. The number of hydrogen-bond acceptors (Lipinski definition) is 4. The van der Waals surface area contributed by atoms with Gasteiger partial charge in [0, 0.05) is 0 Å². The second-order valence-electron chi connectivity index (χ2n) is 2.70. The Labute approximate surface area is 89.9 Å². The summed E-state index contributed by atoms with van der Waals surface area (Å²) in [5, 5.41) is 8.79. The minimum atomic E-state index is -0.338. The number of azo groups is 1. The summed E-state index contributed by atoms with van der Waals surface area (Å²) in [4.78, 5) is 14.0. The third-order valence-electron chi connectivity index (χ3n) is 1.70. The van der Waals surface area contributed by atoms with Gasteiger partial charge in [0.2, 0.25) is 0 Å². The van der Waals surface area contributed by atoms with Crippen molar-refractivity contribution in [1.82, 2.24) is 10.3 Å². The van der Waals surface area contributed by atoms with Gasteiger partial charge in [-0.25, -0.2) is 9.78 Å². The predicted molar refractivity (Wildman–Crippen MR) is 57.9 cm³/mol. The minimum absolute atomic E-state index is 0.338. The summed E-state index contributed by atoms with van der Waals surface area (Å²) in [5.74, 6) is 0. The van der Waals surface area contributed by atoms with Crippen LogP contribution in [0.15, 0.2) is 40.0 Å². The average molecular weight is 220 g/mol. The highest BCUT2D eigenvalue weighted by Gasteiger charge is 1.99. The lowest BCUT2D eigenvalue weighted by Gasteiger charge is -1.80. The lowest BCUT2D eigenvalue weighted by Crippen LogP contribution is -2.11. The lowest BCUT2D eigenvalue weighted by atomic mass is 10.3. The highest BCUT2D eigenvalue weighted by Crippen LogP contribution is 2.15. The molecule has 0 saturated carbocycles. The highest BCUT2D eigenvalue weighted by molar-refractivity contribution is 7.16. The number of aromatic nitrogens is 1. The van der Waals surface area contributed by atoms with Crippen molar-refractivity contribution in [3.05, 3.63) is 29.8 Å². The lowest BCUT2D eigenvalue weighted by molar-refractivity contribution is 0.252. The summed E-state index contributed by atoms with van der Waals surface area (Å²) >= 11 is 1.68.